The summed E-state index contributed by atoms with van der Waals surface area (Å²) in [5.74, 6) is 0.447. The third-order valence-corrected chi connectivity index (χ3v) is 4.89. The topological polar surface area (TPSA) is 78.4 Å². The van der Waals surface area contributed by atoms with Crippen molar-refractivity contribution in [2.75, 3.05) is 11.9 Å². The lowest BCUT2D eigenvalue weighted by Crippen LogP contribution is -2.25. The van der Waals surface area contributed by atoms with Crippen LogP contribution in [0.3, 0.4) is 0 Å². The van der Waals surface area contributed by atoms with Gasteiger partial charge in [-0.05, 0) is 49.4 Å². The number of aliphatic hydroxyl groups is 1. The van der Waals surface area contributed by atoms with Crippen molar-refractivity contribution in [2.45, 2.75) is 50.2 Å². The molecule has 3 N–H and O–H groups in total. The molecule has 21 heavy (non-hydrogen) atoms. The van der Waals surface area contributed by atoms with Crippen LogP contribution >= 0.6 is 0 Å². The first-order chi connectivity index (χ1) is 9.87. The largest absolute Gasteiger partial charge is 0.391 e. The van der Waals surface area contributed by atoms with Gasteiger partial charge in [-0.25, -0.2) is 13.1 Å². The number of hydrogen-bond acceptors (Lipinski definition) is 4. The first kappa shape index (κ1) is 16.3. The molecule has 0 saturated heterocycles. The minimum absolute atomic E-state index is 0.110. The molecule has 0 heterocycles. The van der Waals surface area contributed by atoms with Gasteiger partial charge in [-0.1, -0.05) is 13.8 Å². The third-order valence-electron chi connectivity index (χ3n) is 3.35. The van der Waals surface area contributed by atoms with E-state index in [1.165, 1.54) is 0 Å². The average Bonchev–Trinajstić information content (AvgIpc) is 3.19. The van der Waals surface area contributed by atoms with Gasteiger partial charge in [-0.15, -0.1) is 0 Å². The number of benzene rings is 1. The Balaban J connectivity index is 1.89. The summed E-state index contributed by atoms with van der Waals surface area (Å²) in [4.78, 5) is 0.280. The van der Waals surface area contributed by atoms with E-state index >= 15 is 0 Å². The minimum atomic E-state index is -3.39. The number of nitrogens with one attached hydrogen (secondary N) is 2. The molecule has 1 aromatic rings. The molecule has 1 aromatic carbocycles. The highest BCUT2D eigenvalue weighted by Gasteiger charge is 2.27. The van der Waals surface area contributed by atoms with Gasteiger partial charge in [0.15, 0.2) is 0 Å². The van der Waals surface area contributed by atoms with E-state index in [0.717, 1.165) is 24.9 Å². The van der Waals surface area contributed by atoms with Gasteiger partial charge in [0.25, 0.3) is 0 Å². The zero-order chi connectivity index (χ0) is 15.5. The molecule has 5 nitrogen and oxygen atoms in total. The second-order valence-corrected chi connectivity index (χ2v) is 7.80. The molecular weight excluding hydrogens is 288 g/mol. The Morgan fingerprint density at radius 3 is 2.38 bits per heavy atom. The van der Waals surface area contributed by atoms with Gasteiger partial charge in [0.05, 0.1) is 11.0 Å². The maximum atomic E-state index is 12.0. The van der Waals surface area contributed by atoms with Crippen LogP contribution < -0.4 is 10.0 Å². The van der Waals surface area contributed by atoms with Crippen LogP contribution in [0.15, 0.2) is 29.2 Å². The van der Waals surface area contributed by atoms with Crippen LogP contribution in [0, 0.1) is 5.92 Å². The summed E-state index contributed by atoms with van der Waals surface area (Å²) in [7, 11) is -3.39. The fourth-order valence-corrected chi connectivity index (χ4v) is 3.41. The third kappa shape index (κ3) is 5.30. The SMILES string of the molecule is CC(C)CC(O)CNc1ccc(S(=O)(=O)NC2CC2)cc1. The summed E-state index contributed by atoms with van der Waals surface area (Å²) in [5, 5.41) is 12.9. The van der Waals surface area contributed by atoms with E-state index in [1.807, 2.05) is 0 Å². The zero-order valence-electron chi connectivity index (χ0n) is 12.5. The van der Waals surface area contributed by atoms with Crippen molar-refractivity contribution in [3.8, 4) is 0 Å². The van der Waals surface area contributed by atoms with Crippen LogP contribution in [0.1, 0.15) is 33.1 Å². The molecular formula is C15H24N2O3S. The Morgan fingerprint density at radius 1 is 1.24 bits per heavy atom. The molecule has 0 bridgehead atoms. The Morgan fingerprint density at radius 2 is 1.86 bits per heavy atom. The fraction of sp³-hybridized carbons (Fsp3) is 0.600. The van der Waals surface area contributed by atoms with Crippen molar-refractivity contribution in [3.05, 3.63) is 24.3 Å². The van der Waals surface area contributed by atoms with E-state index < -0.39 is 16.1 Å². The Hall–Kier alpha value is -1.11. The van der Waals surface area contributed by atoms with Gasteiger partial charge in [0.1, 0.15) is 0 Å². The first-order valence-corrected chi connectivity index (χ1v) is 8.89. The molecule has 118 valence electrons. The van der Waals surface area contributed by atoms with Gasteiger partial charge < -0.3 is 10.4 Å². The second kappa shape index (κ2) is 6.77. The molecule has 1 fully saturated rings. The molecule has 0 spiro atoms. The fourth-order valence-electron chi connectivity index (χ4n) is 2.10. The highest BCUT2D eigenvalue weighted by molar-refractivity contribution is 7.89. The van der Waals surface area contributed by atoms with Crippen LogP contribution in [-0.2, 0) is 10.0 Å². The van der Waals surface area contributed by atoms with E-state index in [9.17, 15) is 13.5 Å². The van der Waals surface area contributed by atoms with Gasteiger partial charge in [0.2, 0.25) is 10.0 Å². The molecule has 1 aliphatic carbocycles. The van der Waals surface area contributed by atoms with Gasteiger partial charge in [0, 0.05) is 18.3 Å². The van der Waals surface area contributed by atoms with Crippen LogP contribution in [0.25, 0.3) is 0 Å². The van der Waals surface area contributed by atoms with Crippen molar-refractivity contribution in [1.29, 1.82) is 0 Å². The van der Waals surface area contributed by atoms with Gasteiger partial charge in [-0.3, -0.25) is 0 Å². The maximum Gasteiger partial charge on any atom is 0.240 e. The number of aliphatic hydroxyl groups excluding tert-OH is 1. The maximum absolute atomic E-state index is 12.0. The van der Waals surface area contributed by atoms with E-state index in [-0.39, 0.29) is 10.9 Å². The highest BCUT2D eigenvalue weighted by atomic mass is 32.2. The first-order valence-electron chi connectivity index (χ1n) is 7.41. The molecule has 0 radical (unpaired) electrons. The molecule has 1 saturated carbocycles. The standard InChI is InChI=1S/C15H24N2O3S/c1-11(2)9-14(18)10-16-12-5-7-15(8-6-12)21(19,20)17-13-3-4-13/h5-8,11,13-14,16-18H,3-4,9-10H2,1-2H3. The summed E-state index contributed by atoms with van der Waals surface area (Å²) < 4.78 is 26.7. The summed E-state index contributed by atoms with van der Waals surface area (Å²) >= 11 is 0. The number of sulfonamides is 1. The molecule has 1 unspecified atom stereocenters. The normalized spacial score (nSPS) is 17.0. The average molecular weight is 312 g/mol. The van der Waals surface area contributed by atoms with Gasteiger partial charge >= 0.3 is 0 Å². The lowest BCUT2D eigenvalue weighted by molar-refractivity contribution is 0.161. The van der Waals surface area contributed by atoms with Gasteiger partial charge in [-0.2, -0.15) is 0 Å². The Labute approximate surface area is 126 Å². The quantitative estimate of drug-likeness (QED) is 0.685. The molecule has 0 aliphatic heterocycles. The molecule has 2 rings (SSSR count). The highest BCUT2D eigenvalue weighted by Crippen LogP contribution is 2.22. The Kier molecular flexibility index (Phi) is 5.24. The predicted octanol–water partition coefficient (Wildman–Crippen LogP) is 1.95. The zero-order valence-corrected chi connectivity index (χ0v) is 13.4. The van der Waals surface area contributed by atoms with E-state index in [0.29, 0.717) is 12.5 Å². The van der Waals surface area contributed by atoms with E-state index in [4.69, 9.17) is 0 Å². The summed E-state index contributed by atoms with van der Waals surface area (Å²) in [6.07, 6.45) is 2.19. The van der Waals surface area contributed by atoms with E-state index in [2.05, 4.69) is 23.9 Å². The van der Waals surface area contributed by atoms with E-state index in [1.54, 1.807) is 24.3 Å². The number of rotatable bonds is 8. The molecule has 6 heteroatoms. The number of hydrogen-bond donors (Lipinski definition) is 3. The molecule has 1 aliphatic rings. The van der Waals surface area contributed by atoms with Crippen molar-refractivity contribution in [2.24, 2.45) is 5.92 Å². The molecule has 1 atom stereocenters. The van der Waals surface area contributed by atoms with Crippen LogP contribution in [0.5, 0.6) is 0 Å². The monoisotopic (exact) mass is 312 g/mol. The smallest absolute Gasteiger partial charge is 0.240 e. The summed E-state index contributed by atoms with van der Waals surface area (Å²) in [6.45, 7) is 4.59. The Bertz CT molecular complexity index is 551. The van der Waals surface area contributed by atoms with Crippen molar-refractivity contribution in [3.63, 3.8) is 0 Å². The van der Waals surface area contributed by atoms with Crippen molar-refractivity contribution < 1.29 is 13.5 Å². The predicted molar refractivity (Wildman–Crippen MR) is 83.7 cm³/mol. The van der Waals surface area contributed by atoms with Crippen molar-refractivity contribution in [1.82, 2.24) is 4.72 Å². The molecule has 0 aromatic heterocycles. The van der Waals surface area contributed by atoms with Crippen LogP contribution in [0.4, 0.5) is 5.69 Å². The lowest BCUT2D eigenvalue weighted by Gasteiger charge is -2.15. The van der Waals surface area contributed by atoms with Crippen molar-refractivity contribution >= 4 is 15.7 Å². The second-order valence-electron chi connectivity index (χ2n) is 6.08. The minimum Gasteiger partial charge on any atom is -0.391 e. The lowest BCUT2D eigenvalue weighted by atomic mass is 10.1. The number of anilines is 1. The summed E-state index contributed by atoms with van der Waals surface area (Å²) in [5.41, 5.74) is 0.808. The summed E-state index contributed by atoms with van der Waals surface area (Å²) in [6, 6.07) is 6.73. The molecule has 0 amide bonds. The van der Waals surface area contributed by atoms with Crippen LogP contribution in [0.2, 0.25) is 0 Å². The van der Waals surface area contributed by atoms with Crippen LogP contribution in [-0.4, -0.2) is 32.2 Å².